The van der Waals surface area contributed by atoms with Crippen LogP contribution in [0.3, 0.4) is 0 Å². The zero-order valence-corrected chi connectivity index (χ0v) is 22.3. The second kappa shape index (κ2) is 10.8. The number of ether oxygens (including phenoxy) is 1. The van der Waals surface area contributed by atoms with Crippen LogP contribution in [-0.2, 0) is 26.1 Å². The molecule has 3 heterocycles. The van der Waals surface area contributed by atoms with Crippen LogP contribution < -0.4 is 4.90 Å². The van der Waals surface area contributed by atoms with E-state index in [0.29, 0.717) is 43.6 Å². The maximum atomic E-state index is 15.4. The SMILES string of the molecule is COC(=O)[C@H]1CN(c2ccc(CN3[C@@H](C)CC[C@H](c4ccccc4)S3(=O)=O)c(F)c2)CCC1n1cnnc1. The Bertz CT molecular complexity index is 1370. The molecule has 0 N–H and O–H groups in total. The summed E-state index contributed by atoms with van der Waals surface area (Å²) in [5.41, 5.74) is 1.72. The second-order valence-electron chi connectivity index (χ2n) is 10.0. The highest BCUT2D eigenvalue weighted by atomic mass is 32.2. The average Bonchev–Trinajstić information content (AvgIpc) is 3.46. The second-order valence-corrected chi connectivity index (χ2v) is 12.1. The fraction of sp³-hybridized carbons (Fsp3) is 0.444. The first-order valence-corrected chi connectivity index (χ1v) is 14.3. The Hall–Kier alpha value is -3.31. The maximum Gasteiger partial charge on any atom is 0.312 e. The van der Waals surface area contributed by atoms with Crippen LogP contribution in [0, 0.1) is 11.7 Å². The quantitative estimate of drug-likeness (QED) is 0.439. The van der Waals surface area contributed by atoms with Crippen molar-refractivity contribution >= 4 is 21.7 Å². The Labute approximate surface area is 222 Å². The van der Waals surface area contributed by atoms with Crippen LogP contribution in [0.2, 0.25) is 0 Å². The largest absolute Gasteiger partial charge is 0.469 e. The highest BCUT2D eigenvalue weighted by Gasteiger charge is 2.41. The molecule has 1 aromatic heterocycles. The van der Waals surface area contributed by atoms with Crippen molar-refractivity contribution in [3.8, 4) is 0 Å². The van der Waals surface area contributed by atoms with Gasteiger partial charge in [0.25, 0.3) is 0 Å². The van der Waals surface area contributed by atoms with E-state index in [4.69, 9.17) is 4.74 Å². The highest BCUT2D eigenvalue weighted by Crippen LogP contribution is 2.39. The van der Waals surface area contributed by atoms with Crippen molar-refractivity contribution < 1.29 is 22.3 Å². The summed E-state index contributed by atoms with van der Waals surface area (Å²) in [4.78, 5) is 14.5. The van der Waals surface area contributed by atoms with Gasteiger partial charge in [0.05, 0.1) is 19.1 Å². The van der Waals surface area contributed by atoms with Gasteiger partial charge in [0.2, 0.25) is 10.0 Å². The first-order chi connectivity index (χ1) is 18.3. The summed E-state index contributed by atoms with van der Waals surface area (Å²) < 4.78 is 50.8. The van der Waals surface area contributed by atoms with Crippen LogP contribution >= 0.6 is 0 Å². The Morgan fingerprint density at radius 3 is 2.50 bits per heavy atom. The first kappa shape index (κ1) is 26.3. The van der Waals surface area contributed by atoms with E-state index in [-0.39, 0.29) is 24.6 Å². The molecule has 1 unspecified atom stereocenters. The summed E-state index contributed by atoms with van der Waals surface area (Å²) in [6, 6.07) is 13.7. The number of piperidine rings is 1. The summed E-state index contributed by atoms with van der Waals surface area (Å²) in [6.07, 6.45) is 5.05. The van der Waals surface area contributed by atoms with Gasteiger partial charge >= 0.3 is 5.97 Å². The molecule has 0 bridgehead atoms. The van der Waals surface area contributed by atoms with Gasteiger partial charge < -0.3 is 14.2 Å². The van der Waals surface area contributed by atoms with E-state index < -0.39 is 27.0 Å². The van der Waals surface area contributed by atoms with Crippen LogP contribution in [0.5, 0.6) is 0 Å². The van der Waals surface area contributed by atoms with Gasteiger partial charge in [-0.15, -0.1) is 10.2 Å². The van der Waals surface area contributed by atoms with Crippen LogP contribution in [0.1, 0.15) is 48.6 Å². The van der Waals surface area contributed by atoms with Crippen molar-refractivity contribution in [2.24, 2.45) is 5.92 Å². The lowest BCUT2D eigenvalue weighted by atomic mass is 9.91. The van der Waals surface area contributed by atoms with Gasteiger partial charge in [-0.05, 0) is 43.9 Å². The number of hydrogen-bond donors (Lipinski definition) is 0. The highest BCUT2D eigenvalue weighted by molar-refractivity contribution is 7.89. The molecule has 0 spiro atoms. The number of carbonyl (C=O) groups excluding carboxylic acids is 1. The van der Waals surface area contributed by atoms with Crippen LogP contribution in [0.15, 0.2) is 61.2 Å². The number of halogens is 1. The molecule has 11 heteroatoms. The van der Waals surface area contributed by atoms with E-state index in [9.17, 15) is 13.2 Å². The maximum absolute atomic E-state index is 15.4. The van der Waals surface area contributed by atoms with Crippen molar-refractivity contribution in [2.75, 3.05) is 25.1 Å². The number of anilines is 1. The number of benzene rings is 2. The van der Waals surface area contributed by atoms with Crippen molar-refractivity contribution in [3.63, 3.8) is 0 Å². The van der Waals surface area contributed by atoms with E-state index in [1.54, 1.807) is 24.8 Å². The van der Waals surface area contributed by atoms with Crippen molar-refractivity contribution in [2.45, 2.75) is 50.1 Å². The van der Waals surface area contributed by atoms with Crippen LogP contribution in [0.4, 0.5) is 10.1 Å². The lowest BCUT2D eigenvalue weighted by Crippen LogP contribution is -2.45. The molecule has 2 aliphatic rings. The molecule has 0 amide bonds. The molecule has 2 aromatic carbocycles. The molecule has 3 aromatic rings. The molecule has 2 saturated heterocycles. The number of hydrogen-bond acceptors (Lipinski definition) is 7. The minimum Gasteiger partial charge on any atom is -0.469 e. The molecule has 0 radical (unpaired) electrons. The number of aromatic nitrogens is 3. The molecule has 0 aliphatic carbocycles. The average molecular weight is 542 g/mol. The molecule has 38 heavy (non-hydrogen) atoms. The number of rotatable bonds is 6. The van der Waals surface area contributed by atoms with E-state index in [2.05, 4.69) is 10.2 Å². The number of nitrogens with zero attached hydrogens (tertiary/aromatic N) is 5. The number of sulfonamides is 1. The predicted octanol–water partition coefficient (Wildman–Crippen LogP) is 3.71. The summed E-state index contributed by atoms with van der Waals surface area (Å²) in [7, 11) is -2.31. The Kier molecular flexibility index (Phi) is 7.49. The first-order valence-electron chi connectivity index (χ1n) is 12.8. The fourth-order valence-corrected chi connectivity index (χ4v) is 7.86. The van der Waals surface area contributed by atoms with E-state index in [1.807, 2.05) is 46.7 Å². The molecule has 0 saturated carbocycles. The molecule has 5 rings (SSSR count). The summed E-state index contributed by atoms with van der Waals surface area (Å²) in [5.74, 6) is -1.29. The summed E-state index contributed by atoms with van der Waals surface area (Å²) >= 11 is 0. The van der Waals surface area contributed by atoms with Crippen molar-refractivity contribution in [1.29, 1.82) is 0 Å². The summed E-state index contributed by atoms with van der Waals surface area (Å²) in [5, 5.41) is 7.07. The zero-order valence-electron chi connectivity index (χ0n) is 21.5. The van der Waals surface area contributed by atoms with Crippen molar-refractivity contribution in [3.05, 3.63) is 78.1 Å². The molecule has 2 fully saturated rings. The van der Waals surface area contributed by atoms with Gasteiger partial charge in [-0.25, -0.2) is 12.8 Å². The van der Waals surface area contributed by atoms with E-state index in [0.717, 1.165) is 5.56 Å². The van der Waals surface area contributed by atoms with Crippen LogP contribution in [-0.4, -0.2) is 59.7 Å². The molecular formula is C27H32FN5O4S. The minimum atomic E-state index is -3.67. The van der Waals surface area contributed by atoms with Gasteiger partial charge in [0, 0.05) is 36.9 Å². The van der Waals surface area contributed by atoms with Gasteiger partial charge in [-0.3, -0.25) is 4.79 Å². The van der Waals surface area contributed by atoms with E-state index >= 15 is 4.39 Å². The normalized spacial score (nSPS) is 25.7. The van der Waals surface area contributed by atoms with Gasteiger partial charge in [0.15, 0.2) is 0 Å². The topological polar surface area (TPSA) is 97.6 Å². The molecule has 2 aliphatic heterocycles. The zero-order chi connectivity index (χ0) is 26.9. The lowest BCUT2D eigenvalue weighted by molar-refractivity contribution is -0.147. The third-order valence-corrected chi connectivity index (χ3v) is 10.2. The van der Waals surface area contributed by atoms with E-state index in [1.165, 1.54) is 17.5 Å². The monoisotopic (exact) mass is 541 g/mol. The molecule has 4 atom stereocenters. The Morgan fingerprint density at radius 2 is 1.82 bits per heavy atom. The Morgan fingerprint density at radius 1 is 1.08 bits per heavy atom. The lowest BCUT2D eigenvalue weighted by Gasteiger charge is -2.39. The molecular weight excluding hydrogens is 509 g/mol. The predicted molar refractivity (Wildman–Crippen MR) is 140 cm³/mol. The van der Waals surface area contributed by atoms with Crippen molar-refractivity contribution in [1.82, 2.24) is 19.1 Å². The molecule has 9 nitrogen and oxygen atoms in total. The third kappa shape index (κ3) is 5.04. The molecule has 202 valence electrons. The van der Waals surface area contributed by atoms with Gasteiger partial charge in [-0.1, -0.05) is 36.4 Å². The van der Waals surface area contributed by atoms with Gasteiger partial charge in [-0.2, -0.15) is 4.31 Å². The number of methoxy groups -OCH3 is 1. The standard InChI is InChI=1S/C27H32FN5O4S/c1-19-8-11-26(20-6-4-3-5-7-20)38(35,36)33(19)15-21-9-10-22(14-24(21)28)31-13-12-25(32-17-29-30-18-32)23(16-31)27(34)37-2/h3-7,9-10,14,17-19,23,25-26H,8,11-13,15-16H2,1-2H3/t19-,23-,25?,26+/m0/s1. The summed E-state index contributed by atoms with van der Waals surface area (Å²) in [6.45, 7) is 2.80. The van der Waals surface area contributed by atoms with Crippen LogP contribution in [0.25, 0.3) is 0 Å². The number of esters is 1. The smallest absolute Gasteiger partial charge is 0.312 e. The Balaban J connectivity index is 1.34. The third-order valence-electron chi connectivity index (χ3n) is 7.82. The minimum absolute atomic E-state index is 0.0283. The number of carbonyl (C=O) groups is 1. The fourth-order valence-electron chi connectivity index (χ4n) is 5.67. The van der Waals surface area contributed by atoms with Gasteiger partial charge in [0.1, 0.15) is 23.7 Å².